The standard InChI is InChI=1S/C24H14BrCl2NO3/c1-12-2-9-19-16(10-12)22(29)20-21(13-3-8-17(26)18(27)11-13)28(24(30)23(20)31-19)15-6-4-14(25)5-7-15/h2-11,21H,1H3. The lowest BCUT2D eigenvalue weighted by molar-refractivity contribution is 0.0971. The highest BCUT2D eigenvalue weighted by atomic mass is 79.9. The zero-order valence-corrected chi connectivity index (χ0v) is 19.3. The van der Waals surface area contributed by atoms with E-state index in [0.29, 0.717) is 37.8 Å². The first-order chi connectivity index (χ1) is 14.8. The number of nitrogens with zero attached hydrogens (tertiary/aromatic N) is 1. The fourth-order valence-electron chi connectivity index (χ4n) is 3.95. The maximum absolute atomic E-state index is 13.6. The number of anilines is 1. The molecule has 1 aromatic heterocycles. The van der Waals surface area contributed by atoms with Crippen LogP contribution in [-0.2, 0) is 0 Å². The summed E-state index contributed by atoms with van der Waals surface area (Å²) in [5, 5.41) is 1.18. The highest BCUT2D eigenvalue weighted by Gasteiger charge is 2.43. The van der Waals surface area contributed by atoms with Crippen LogP contribution in [0.3, 0.4) is 0 Å². The van der Waals surface area contributed by atoms with Gasteiger partial charge in [0.25, 0.3) is 5.91 Å². The molecule has 0 radical (unpaired) electrons. The monoisotopic (exact) mass is 513 g/mol. The van der Waals surface area contributed by atoms with E-state index in [1.165, 1.54) is 0 Å². The second kappa shape index (κ2) is 7.52. The van der Waals surface area contributed by atoms with Crippen LogP contribution in [0, 0.1) is 6.92 Å². The zero-order valence-electron chi connectivity index (χ0n) is 16.2. The summed E-state index contributed by atoms with van der Waals surface area (Å²) in [6.07, 6.45) is 0. The van der Waals surface area contributed by atoms with Crippen molar-refractivity contribution in [3.8, 4) is 0 Å². The summed E-state index contributed by atoms with van der Waals surface area (Å²) in [5.74, 6) is -0.340. The lowest BCUT2D eigenvalue weighted by Crippen LogP contribution is -2.29. The number of benzene rings is 3. The maximum Gasteiger partial charge on any atom is 0.295 e. The Kier molecular flexibility index (Phi) is 4.93. The summed E-state index contributed by atoms with van der Waals surface area (Å²) >= 11 is 15.8. The van der Waals surface area contributed by atoms with Crippen molar-refractivity contribution in [2.45, 2.75) is 13.0 Å². The summed E-state index contributed by atoms with van der Waals surface area (Å²) in [5.41, 5.74) is 2.68. The second-order valence-corrected chi connectivity index (χ2v) is 9.13. The van der Waals surface area contributed by atoms with E-state index in [1.54, 1.807) is 35.2 Å². The van der Waals surface area contributed by atoms with Crippen molar-refractivity contribution in [3.05, 3.63) is 108 Å². The molecule has 0 N–H and O–H groups in total. The van der Waals surface area contributed by atoms with Crippen molar-refractivity contribution in [1.29, 1.82) is 0 Å². The molecule has 2 heterocycles. The van der Waals surface area contributed by atoms with E-state index in [0.717, 1.165) is 10.0 Å². The van der Waals surface area contributed by atoms with Gasteiger partial charge >= 0.3 is 0 Å². The molecule has 3 aromatic carbocycles. The number of amides is 1. The highest BCUT2D eigenvalue weighted by Crippen LogP contribution is 2.42. The van der Waals surface area contributed by atoms with Gasteiger partial charge < -0.3 is 4.42 Å². The van der Waals surface area contributed by atoms with Crippen molar-refractivity contribution in [3.63, 3.8) is 0 Å². The SMILES string of the molecule is Cc1ccc2oc3c(c(=O)c2c1)C(c1ccc(Cl)c(Cl)c1)N(c1ccc(Br)cc1)C3=O. The number of hydrogen-bond donors (Lipinski definition) is 0. The van der Waals surface area contributed by atoms with Gasteiger partial charge in [-0.1, -0.05) is 56.8 Å². The van der Waals surface area contributed by atoms with Crippen molar-refractivity contribution in [1.82, 2.24) is 0 Å². The third-order valence-corrected chi connectivity index (χ3v) is 6.66. The molecule has 7 heteroatoms. The molecular formula is C24H14BrCl2NO3. The molecule has 5 rings (SSSR count). The van der Waals surface area contributed by atoms with Crippen LogP contribution in [-0.4, -0.2) is 5.91 Å². The summed E-state index contributed by atoms with van der Waals surface area (Å²) in [6, 6.07) is 17.1. The molecule has 0 fully saturated rings. The fraction of sp³-hybridized carbons (Fsp3) is 0.0833. The average Bonchev–Trinajstić information content (AvgIpc) is 3.04. The van der Waals surface area contributed by atoms with Crippen molar-refractivity contribution >= 4 is 61.7 Å². The number of fused-ring (bicyclic) bond motifs is 2. The van der Waals surface area contributed by atoms with E-state index in [1.807, 2.05) is 37.3 Å². The van der Waals surface area contributed by atoms with Gasteiger partial charge in [-0.3, -0.25) is 14.5 Å². The van der Waals surface area contributed by atoms with Gasteiger partial charge in [0.05, 0.1) is 27.0 Å². The summed E-state index contributed by atoms with van der Waals surface area (Å²) in [7, 11) is 0. The second-order valence-electron chi connectivity index (χ2n) is 7.40. The van der Waals surface area contributed by atoms with Crippen LogP contribution < -0.4 is 10.3 Å². The van der Waals surface area contributed by atoms with E-state index in [9.17, 15) is 9.59 Å². The zero-order chi connectivity index (χ0) is 21.9. The highest BCUT2D eigenvalue weighted by molar-refractivity contribution is 9.10. The van der Waals surface area contributed by atoms with Crippen LogP contribution >= 0.6 is 39.1 Å². The van der Waals surface area contributed by atoms with Gasteiger partial charge in [-0.15, -0.1) is 0 Å². The molecule has 4 nitrogen and oxygen atoms in total. The number of hydrogen-bond acceptors (Lipinski definition) is 3. The largest absolute Gasteiger partial charge is 0.450 e. The predicted molar refractivity (Wildman–Crippen MR) is 126 cm³/mol. The van der Waals surface area contributed by atoms with E-state index < -0.39 is 6.04 Å². The summed E-state index contributed by atoms with van der Waals surface area (Å²) in [6.45, 7) is 1.90. The lowest BCUT2D eigenvalue weighted by Gasteiger charge is -2.25. The molecule has 0 bridgehead atoms. The molecule has 1 atom stereocenters. The van der Waals surface area contributed by atoms with Crippen LogP contribution in [0.15, 0.2) is 74.3 Å². The minimum atomic E-state index is -0.695. The molecule has 1 amide bonds. The molecule has 0 aliphatic carbocycles. The Morgan fingerprint density at radius 2 is 1.68 bits per heavy atom. The normalized spacial score (nSPS) is 15.5. The van der Waals surface area contributed by atoms with Gasteiger partial charge in [0.15, 0.2) is 5.43 Å². The van der Waals surface area contributed by atoms with E-state index in [2.05, 4.69) is 15.9 Å². The predicted octanol–water partition coefficient (Wildman–Crippen LogP) is 6.92. The van der Waals surface area contributed by atoms with Crippen LogP contribution in [0.2, 0.25) is 10.0 Å². The number of rotatable bonds is 2. The first kappa shape index (κ1) is 20.3. The summed E-state index contributed by atoms with van der Waals surface area (Å²) in [4.78, 5) is 28.6. The average molecular weight is 515 g/mol. The van der Waals surface area contributed by atoms with E-state index in [-0.39, 0.29) is 17.1 Å². The smallest absolute Gasteiger partial charge is 0.295 e. The van der Waals surface area contributed by atoms with Crippen LogP contribution in [0.25, 0.3) is 11.0 Å². The van der Waals surface area contributed by atoms with Gasteiger partial charge in [-0.2, -0.15) is 0 Å². The Morgan fingerprint density at radius 3 is 2.39 bits per heavy atom. The molecule has 1 aliphatic rings. The van der Waals surface area contributed by atoms with E-state index >= 15 is 0 Å². The molecule has 4 aromatic rings. The first-order valence-corrected chi connectivity index (χ1v) is 11.0. The van der Waals surface area contributed by atoms with Gasteiger partial charge in [0.2, 0.25) is 5.76 Å². The number of carbonyl (C=O) groups is 1. The Labute approximate surface area is 196 Å². The van der Waals surface area contributed by atoms with Gasteiger partial charge in [0, 0.05) is 10.2 Å². The lowest BCUT2D eigenvalue weighted by atomic mass is 9.98. The molecule has 1 aliphatic heterocycles. The fourth-order valence-corrected chi connectivity index (χ4v) is 4.52. The van der Waals surface area contributed by atoms with Crippen molar-refractivity contribution < 1.29 is 9.21 Å². The third-order valence-electron chi connectivity index (χ3n) is 5.39. The van der Waals surface area contributed by atoms with Gasteiger partial charge in [-0.25, -0.2) is 0 Å². The van der Waals surface area contributed by atoms with Gasteiger partial charge in [-0.05, 0) is 61.0 Å². The number of aryl methyl sites for hydroxylation is 1. The molecule has 0 spiro atoms. The molecular weight excluding hydrogens is 501 g/mol. The summed E-state index contributed by atoms with van der Waals surface area (Å²) < 4.78 is 6.85. The van der Waals surface area contributed by atoms with Crippen molar-refractivity contribution in [2.24, 2.45) is 0 Å². The Balaban J connectivity index is 1.83. The Hall–Kier alpha value is -2.60. The molecule has 0 saturated heterocycles. The topological polar surface area (TPSA) is 50.5 Å². The third kappa shape index (κ3) is 3.28. The van der Waals surface area contributed by atoms with Gasteiger partial charge in [0.1, 0.15) is 5.58 Å². The Morgan fingerprint density at radius 1 is 0.935 bits per heavy atom. The molecule has 154 valence electrons. The van der Waals surface area contributed by atoms with Crippen LogP contribution in [0.1, 0.15) is 33.3 Å². The molecule has 1 unspecified atom stereocenters. The maximum atomic E-state index is 13.6. The van der Waals surface area contributed by atoms with Crippen LogP contribution in [0.5, 0.6) is 0 Å². The molecule has 31 heavy (non-hydrogen) atoms. The number of halogens is 3. The number of carbonyl (C=O) groups excluding carboxylic acids is 1. The van der Waals surface area contributed by atoms with Crippen molar-refractivity contribution in [2.75, 3.05) is 4.90 Å². The minimum absolute atomic E-state index is 0.0420. The quantitative estimate of drug-likeness (QED) is 0.291. The molecule has 0 saturated carbocycles. The van der Waals surface area contributed by atoms with Crippen LogP contribution in [0.4, 0.5) is 5.69 Å². The van der Waals surface area contributed by atoms with E-state index in [4.69, 9.17) is 27.6 Å². The minimum Gasteiger partial charge on any atom is -0.450 e. The first-order valence-electron chi connectivity index (χ1n) is 9.46. The Bertz CT molecular complexity index is 1430.